The van der Waals surface area contributed by atoms with Gasteiger partial charge in [0.15, 0.2) is 0 Å². The summed E-state index contributed by atoms with van der Waals surface area (Å²) >= 11 is 5.56. The number of hydrogen-bond acceptors (Lipinski definition) is 2. The fraction of sp³-hybridized carbons (Fsp3) is 0.333. The number of hydrogen-bond donors (Lipinski definition) is 2. The molecule has 90 valence electrons. The first kappa shape index (κ1) is 11.9. The van der Waals surface area contributed by atoms with Crippen molar-refractivity contribution in [1.82, 2.24) is 10.2 Å². The molecule has 4 nitrogen and oxygen atoms in total. The van der Waals surface area contributed by atoms with E-state index in [9.17, 15) is 4.79 Å². The minimum atomic E-state index is 0.0174. The van der Waals surface area contributed by atoms with Gasteiger partial charge in [0.25, 0.3) is 0 Å². The van der Waals surface area contributed by atoms with E-state index >= 15 is 0 Å². The molecule has 0 saturated heterocycles. The molecular formula is C12H14ClN3O. The lowest BCUT2D eigenvalue weighted by Crippen LogP contribution is -2.11. The van der Waals surface area contributed by atoms with Gasteiger partial charge in [-0.05, 0) is 25.0 Å². The van der Waals surface area contributed by atoms with E-state index in [2.05, 4.69) is 15.5 Å². The molecule has 1 amide bonds. The zero-order chi connectivity index (χ0) is 12.1. The van der Waals surface area contributed by atoms with Gasteiger partial charge in [0, 0.05) is 17.7 Å². The van der Waals surface area contributed by atoms with Crippen LogP contribution in [0.2, 0.25) is 0 Å². The number of fused-ring (bicyclic) bond motifs is 1. The highest BCUT2D eigenvalue weighted by atomic mass is 35.5. The summed E-state index contributed by atoms with van der Waals surface area (Å²) in [5, 5.41) is 10.6. The first-order chi connectivity index (χ1) is 8.31. The largest absolute Gasteiger partial charge is 0.325 e. The van der Waals surface area contributed by atoms with Crippen LogP contribution in [0.5, 0.6) is 0 Å². The number of rotatable bonds is 5. The number of alkyl halides is 1. The van der Waals surface area contributed by atoms with Crippen molar-refractivity contribution >= 4 is 34.1 Å². The van der Waals surface area contributed by atoms with Crippen molar-refractivity contribution in [3.05, 3.63) is 24.4 Å². The fourth-order valence-corrected chi connectivity index (χ4v) is 1.86. The molecule has 2 N–H and O–H groups in total. The zero-order valence-corrected chi connectivity index (χ0v) is 10.1. The van der Waals surface area contributed by atoms with Crippen LogP contribution in [-0.4, -0.2) is 22.0 Å². The summed E-state index contributed by atoms with van der Waals surface area (Å²) in [6, 6.07) is 5.68. The standard InChI is InChI=1S/C12H14ClN3O/c13-7-2-1-6-12(17)15-10-4-3-5-11-9(10)8-14-16-11/h3-5,8H,1-2,6-7H2,(H,14,16)(H,15,17). The molecule has 2 aromatic rings. The molecule has 0 aliphatic heterocycles. The number of aromatic amines is 1. The van der Waals surface area contributed by atoms with E-state index < -0.39 is 0 Å². The molecule has 0 radical (unpaired) electrons. The first-order valence-corrected chi connectivity index (χ1v) is 6.12. The van der Waals surface area contributed by atoms with Crippen LogP contribution in [0.4, 0.5) is 5.69 Å². The maximum absolute atomic E-state index is 11.7. The molecule has 0 fully saturated rings. The fourth-order valence-electron chi connectivity index (χ4n) is 1.67. The Balaban J connectivity index is 2.03. The van der Waals surface area contributed by atoms with Crippen LogP contribution in [0.25, 0.3) is 10.9 Å². The molecular weight excluding hydrogens is 238 g/mol. The molecule has 0 spiro atoms. The van der Waals surface area contributed by atoms with Crippen LogP contribution >= 0.6 is 11.6 Å². The number of carbonyl (C=O) groups is 1. The second-order valence-corrected chi connectivity index (χ2v) is 4.21. The Hall–Kier alpha value is -1.55. The summed E-state index contributed by atoms with van der Waals surface area (Å²) in [5.74, 6) is 0.619. The highest BCUT2D eigenvalue weighted by Crippen LogP contribution is 2.21. The minimum absolute atomic E-state index is 0.0174. The number of aromatic nitrogens is 2. The van der Waals surface area contributed by atoms with Crippen molar-refractivity contribution in [3.8, 4) is 0 Å². The Bertz CT molecular complexity index is 509. The molecule has 0 saturated carbocycles. The lowest BCUT2D eigenvalue weighted by molar-refractivity contribution is -0.116. The molecule has 2 rings (SSSR count). The highest BCUT2D eigenvalue weighted by molar-refractivity contribution is 6.17. The second-order valence-electron chi connectivity index (χ2n) is 3.83. The first-order valence-electron chi connectivity index (χ1n) is 5.59. The van der Waals surface area contributed by atoms with E-state index in [1.54, 1.807) is 6.20 Å². The average molecular weight is 252 g/mol. The van der Waals surface area contributed by atoms with Gasteiger partial charge in [-0.2, -0.15) is 5.10 Å². The normalized spacial score (nSPS) is 10.6. The van der Waals surface area contributed by atoms with Crippen LogP contribution in [0.15, 0.2) is 24.4 Å². The third-order valence-corrected chi connectivity index (χ3v) is 2.81. The Morgan fingerprint density at radius 3 is 3.12 bits per heavy atom. The number of benzene rings is 1. The maximum atomic E-state index is 11.7. The topological polar surface area (TPSA) is 57.8 Å². The van der Waals surface area contributed by atoms with E-state index in [1.807, 2.05) is 18.2 Å². The summed E-state index contributed by atoms with van der Waals surface area (Å²) in [4.78, 5) is 11.7. The van der Waals surface area contributed by atoms with Crippen molar-refractivity contribution in [2.45, 2.75) is 19.3 Å². The number of anilines is 1. The average Bonchev–Trinajstić information content (AvgIpc) is 2.78. The molecule has 0 aliphatic rings. The number of nitrogens with one attached hydrogen (secondary N) is 2. The lowest BCUT2D eigenvalue weighted by Gasteiger charge is -2.05. The molecule has 0 aliphatic carbocycles. The third-order valence-electron chi connectivity index (χ3n) is 2.55. The van der Waals surface area contributed by atoms with Crippen LogP contribution in [-0.2, 0) is 4.79 Å². The number of unbranched alkanes of at least 4 members (excludes halogenated alkanes) is 1. The number of amides is 1. The molecule has 1 heterocycles. The van der Waals surface area contributed by atoms with E-state index in [0.717, 1.165) is 29.4 Å². The molecule has 17 heavy (non-hydrogen) atoms. The van der Waals surface area contributed by atoms with E-state index in [0.29, 0.717) is 12.3 Å². The Labute approximate surface area is 104 Å². The smallest absolute Gasteiger partial charge is 0.224 e. The summed E-state index contributed by atoms with van der Waals surface area (Å²) < 4.78 is 0. The number of halogens is 1. The molecule has 0 atom stereocenters. The molecule has 5 heteroatoms. The van der Waals surface area contributed by atoms with Gasteiger partial charge in [0.1, 0.15) is 0 Å². The van der Waals surface area contributed by atoms with E-state index in [1.165, 1.54) is 0 Å². The van der Waals surface area contributed by atoms with E-state index in [-0.39, 0.29) is 5.91 Å². The summed E-state index contributed by atoms with van der Waals surface area (Å²) in [5.41, 5.74) is 1.72. The van der Waals surface area contributed by atoms with E-state index in [4.69, 9.17) is 11.6 Å². The van der Waals surface area contributed by atoms with Crippen LogP contribution in [0.1, 0.15) is 19.3 Å². The van der Waals surface area contributed by atoms with Crippen LogP contribution in [0, 0.1) is 0 Å². The van der Waals surface area contributed by atoms with Crippen LogP contribution in [0.3, 0.4) is 0 Å². The molecule has 1 aromatic carbocycles. The van der Waals surface area contributed by atoms with Gasteiger partial charge in [0.2, 0.25) is 5.91 Å². The van der Waals surface area contributed by atoms with Crippen molar-refractivity contribution < 1.29 is 4.79 Å². The predicted molar refractivity (Wildman–Crippen MR) is 69.3 cm³/mol. The summed E-state index contributed by atoms with van der Waals surface area (Å²) in [7, 11) is 0. The van der Waals surface area contributed by atoms with Crippen molar-refractivity contribution in [1.29, 1.82) is 0 Å². The summed E-state index contributed by atoms with van der Waals surface area (Å²) in [6.45, 7) is 0. The van der Waals surface area contributed by atoms with Gasteiger partial charge in [0.05, 0.1) is 17.4 Å². The highest BCUT2D eigenvalue weighted by Gasteiger charge is 2.06. The Kier molecular flexibility index (Phi) is 3.98. The third kappa shape index (κ3) is 2.97. The van der Waals surface area contributed by atoms with Gasteiger partial charge in [-0.1, -0.05) is 6.07 Å². The van der Waals surface area contributed by atoms with Gasteiger partial charge in [-0.15, -0.1) is 11.6 Å². The summed E-state index contributed by atoms with van der Waals surface area (Å²) in [6.07, 6.45) is 3.90. The minimum Gasteiger partial charge on any atom is -0.325 e. The monoisotopic (exact) mass is 251 g/mol. The van der Waals surface area contributed by atoms with Crippen molar-refractivity contribution in [3.63, 3.8) is 0 Å². The van der Waals surface area contributed by atoms with Gasteiger partial charge in [-0.3, -0.25) is 9.89 Å². The van der Waals surface area contributed by atoms with Crippen molar-refractivity contribution in [2.75, 3.05) is 11.2 Å². The quantitative estimate of drug-likeness (QED) is 0.634. The van der Waals surface area contributed by atoms with Crippen molar-refractivity contribution in [2.24, 2.45) is 0 Å². The number of H-pyrrole nitrogens is 1. The van der Waals surface area contributed by atoms with Gasteiger partial charge < -0.3 is 5.32 Å². The predicted octanol–water partition coefficient (Wildman–Crippen LogP) is 2.91. The van der Waals surface area contributed by atoms with Crippen LogP contribution < -0.4 is 5.32 Å². The Morgan fingerprint density at radius 2 is 2.29 bits per heavy atom. The van der Waals surface area contributed by atoms with Gasteiger partial charge >= 0.3 is 0 Å². The zero-order valence-electron chi connectivity index (χ0n) is 9.37. The molecule has 1 aromatic heterocycles. The van der Waals surface area contributed by atoms with Gasteiger partial charge in [-0.25, -0.2) is 0 Å². The SMILES string of the molecule is O=C(CCCCCl)Nc1cccc2[nH]ncc12. The molecule has 0 unspecified atom stereocenters. The second kappa shape index (κ2) is 5.68. The number of nitrogens with zero attached hydrogens (tertiary/aromatic N) is 1. The Morgan fingerprint density at radius 1 is 1.41 bits per heavy atom. The molecule has 0 bridgehead atoms. The number of carbonyl (C=O) groups excluding carboxylic acids is 1. The lowest BCUT2D eigenvalue weighted by atomic mass is 10.2. The maximum Gasteiger partial charge on any atom is 0.224 e.